The monoisotopic (exact) mass is 267 g/mol. The van der Waals surface area contributed by atoms with Crippen LogP contribution in [0.3, 0.4) is 0 Å². The molecule has 0 saturated carbocycles. The molecule has 1 aliphatic heterocycles. The zero-order valence-corrected chi connectivity index (χ0v) is 11.5. The predicted molar refractivity (Wildman–Crippen MR) is 77.3 cm³/mol. The smallest absolute Gasteiger partial charge is 0.256 e. The van der Waals surface area contributed by atoms with Gasteiger partial charge in [0.2, 0.25) is 0 Å². The number of amides is 1. The van der Waals surface area contributed by atoms with E-state index in [1.165, 1.54) is 11.1 Å². The highest BCUT2D eigenvalue weighted by atomic mass is 16.5. The third-order valence-corrected chi connectivity index (χ3v) is 3.75. The lowest BCUT2D eigenvalue weighted by Crippen LogP contribution is -2.45. The fourth-order valence-corrected chi connectivity index (χ4v) is 2.65. The number of methoxy groups -OCH3 is 1. The van der Waals surface area contributed by atoms with Crippen LogP contribution in [0.15, 0.2) is 54.6 Å². The van der Waals surface area contributed by atoms with Crippen molar-refractivity contribution in [1.29, 1.82) is 0 Å². The van der Waals surface area contributed by atoms with Gasteiger partial charge in [0.15, 0.2) is 0 Å². The maximum absolute atomic E-state index is 12.6. The van der Waals surface area contributed by atoms with Gasteiger partial charge in [0.25, 0.3) is 5.91 Å². The van der Waals surface area contributed by atoms with E-state index in [2.05, 4.69) is 12.1 Å². The zero-order chi connectivity index (χ0) is 13.9. The highest BCUT2D eigenvalue weighted by molar-refractivity contribution is 5.94. The first-order chi connectivity index (χ1) is 9.79. The van der Waals surface area contributed by atoms with Crippen LogP contribution >= 0.6 is 0 Å². The molecule has 0 bridgehead atoms. The molecule has 1 aliphatic rings. The van der Waals surface area contributed by atoms with Crippen molar-refractivity contribution in [3.63, 3.8) is 0 Å². The van der Waals surface area contributed by atoms with E-state index in [0.29, 0.717) is 12.1 Å². The van der Waals surface area contributed by atoms with Crippen LogP contribution in [-0.4, -0.2) is 24.1 Å². The maximum Gasteiger partial charge on any atom is 0.256 e. The molecule has 1 unspecified atom stereocenters. The van der Waals surface area contributed by atoms with Crippen LogP contribution in [-0.2, 0) is 17.7 Å². The largest absolute Gasteiger partial charge is 0.361 e. The summed E-state index contributed by atoms with van der Waals surface area (Å²) in [5.74, 6) is 0.0203. The highest BCUT2D eigenvalue weighted by Crippen LogP contribution is 2.25. The Labute approximate surface area is 118 Å². The second-order valence-electron chi connectivity index (χ2n) is 4.96. The number of fused-ring (bicyclic) bond motifs is 1. The van der Waals surface area contributed by atoms with Crippen molar-refractivity contribution < 1.29 is 9.53 Å². The van der Waals surface area contributed by atoms with Crippen molar-refractivity contribution in [1.82, 2.24) is 4.90 Å². The molecule has 0 aliphatic carbocycles. The van der Waals surface area contributed by atoms with Gasteiger partial charge in [-0.3, -0.25) is 4.79 Å². The molecule has 0 N–H and O–H groups in total. The Morgan fingerprint density at radius 3 is 2.40 bits per heavy atom. The molecule has 3 heteroatoms. The number of carbonyl (C=O) groups is 1. The Balaban J connectivity index is 1.91. The summed E-state index contributed by atoms with van der Waals surface area (Å²) in [5, 5.41) is 0. The minimum absolute atomic E-state index is 0.0203. The molecule has 0 fully saturated rings. The molecule has 0 saturated heterocycles. The summed E-state index contributed by atoms with van der Waals surface area (Å²) in [5.41, 5.74) is 3.16. The van der Waals surface area contributed by atoms with Crippen molar-refractivity contribution in [3.05, 3.63) is 71.3 Å². The van der Waals surface area contributed by atoms with Crippen LogP contribution < -0.4 is 0 Å². The lowest BCUT2D eigenvalue weighted by molar-refractivity contribution is -0.0296. The van der Waals surface area contributed by atoms with Gasteiger partial charge in [-0.15, -0.1) is 0 Å². The molecule has 102 valence electrons. The topological polar surface area (TPSA) is 29.5 Å². The van der Waals surface area contributed by atoms with E-state index in [-0.39, 0.29) is 12.1 Å². The fraction of sp³-hybridized carbons (Fsp3) is 0.235. The molecule has 2 aromatic carbocycles. The second-order valence-corrected chi connectivity index (χ2v) is 4.96. The van der Waals surface area contributed by atoms with Gasteiger partial charge in [0.1, 0.15) is 6.23 Å². The molecule has 0 radical (unpaired) electrons. The Morgan fingerprint density at radius 2 is 1.70 bits per heavy atom. The van der Waals surface area contributed by atoms with Gasteiger partial charge in [-0.05, 0) is 23.3 Å². The quantitative estimate of drug-likeness (QED) is 0.837. The minimum Gasteiger partial charge on any atom is -0.361 e. The van der Waals surface area contributed by atoms with E-state index >= 15 is 0 Å². The zero-order valence-electron chi connectivity index (χ0n) is 11.5. The van der Waals surface area contributed by atoms with Crippen LogP contribution in [0.25, 0.3) is 0 Å². The maximum atomic E-state index is 12.6. The number of rotatable bonds is 2. The summed E-state index contributed by atoms with van der Waals surface area (Å²) in [6.07, 6.45) is 0.545. The van der Waals surface area contributed by atoms with Crippen LogP contribution in [0.5, 0.6) is 0 Å². The molecule has 1 atom stereocenters. The van der Waals surface area contributed by atoms with Gasteiger partial charge in [-0.25, -0.2) is 0 Å². The van der Waals surface area contributed by atoms with Crippen LogP contribution in [0.4, 0.5) is 0 Å². The van der Waals surface area contributed by atoms with Crippen molar-refractivity contribution in [2.75, 3.05) is 7.11 Å². The van der Waals surface area contributed by atoms with Crippen LogP contribution in [0, 0.1) is 0 Å². The molecule has 1 heterocycles. The molecule has 3 rings (SSSR count). The Kier molecular flexibility index (Phi) is 3.52. The first-order valence-corrected chi connectivity index (χ1v) is 6.75. The Morgan fingerprint density at radius 1 is 1.05 bits per heavy atom. The van der Waals surface area contributed by atoms with Crippen molar-refractivity contribution in [3.8, 4) is 0 Å². The summed E-state index contributed by atoms with van der Waals surface area (Å²) < 4.78 is 5.51. The van der Waals surface area contributed by atoms with Gasteiger partial charge >= 0.3 is 0 Å². The molecule has 0 spiro atoms. The van der Waals surface area contributed by atoms with Gasteiger partial charge in [0, 0.05) is 25.6 Å². The van der Waals surface area contributed by atoms with Crippen molar-refractivity contribution in [2.45, 2.75) is 19.2 Å². The standard InChI is InChI=1S/C17H17NO2/c1-20-16-11-14-9-5-6-10-15(14)12-18(16)17(19)13-7-3-2-4-8-13/h2-10,16H,11-12H2,1H3. The van der Waals surface area contributed by atoms with Gasteiger partial charge in [0.05, 0.1) is 0 Å². The van der Waals surface area contributed by atoms with E-state index in [9.17, 15) is 4.79 Å². The van der Waals surface area contributed by atoms with E-state index in [1.54, 1.807) is 12.0 Å². The molecular formula is C17H17NO2. The summed E-state index contributed by atoms with van der Waals surface area (Å²) >= 11 is 0. The SMILES string of the molecule is COC1Cc2ccccc2CN1C(=O)c1ccccc1. The number of hydrogen-bond acceptors (Lipinski definition) is 2. The molecule has 2 aromatic rings. The fourth-order valence-electron chi connectivity index (χ4n) is 2.65. The third kappa shape index (κ3) is 2.32. The molecule has 20 heavy (non-hydrogen) atoms. The minimum atomic E-state index is -0.197. The third-order valence-electron chi connectivity index (χ3n) is 3.75. The highest BCUT2D eigenvalue weighted by Gasteiger charge is 2.29. The van der Waals surface area contributed by atoms with E-state index < -0.39 is 0 Å². The number of benzene rings is 2. The first-order valence-electron chi connectivity index (χ1n) is 6.75. The summed E-state index contributed by atoms with van der Waals surface area (Å²) in [6.45, 7) is 0.600. The Bertz CT molecular complexity index is 609. The molecule has 3 nitrogen and oxygen atoms in total. The number of carbonyl (C=O) groups excluding carboxylic acids is 1. The van der Waals surface area contributed by atoms with Crippen molar-refractivity contribution in [2.24, 2.45) is 0 Å². The lowest BCUT2D eigenvalue weighted by Gasteiger charge is -2.36. The van der Waals surface area contributed by atoms with Gasteiger partial charge < -0.3 is 9.64 Å². The molecule has 0 aromatic heterocycles. The summed E-state index contributed by atoms with van der Waals surface area (Å²) in [4.78, 5) is 14.4. The van der Waals surface area contributed by atoms with Crippen molar-refractivity contribution >= 4 is 5.91 Å². The number of ether oxygens (including phenoxy) is 1. The lowest BCUT2D eigenvalue weighted by atomic mass is 9.98. The van der Waals surface area contributed by atoms with Crippen LogP contribution in [0.1, 0.15) is 21.5 Å². The average molecular weight is 267 g/mol. The molecular weight excluding hydrogens is 250 g/mol. The van der Waals surface area contributed by atoms with Gasteiger partial charge in [-0.1, -0.05) is 42.5 Å². The van der Waals surface area contributed by atoms with Crippen LogP contribution in [0.2, 0.25) is 0 Å². The van der Waals surface area contributed by atoms with E-state index in [4.69, 9.17) is 4.74 Å². The summed E-state index contributed by atoms with van der Waals surface area (Å²) in [7, 11) is 1.66. The predicted octanol–water partition coefficient (Wildman–Crippen LogP) is 2.86. The number of hydrogen-bond donors (Lipinski definition) is 0. The molecule has 1 amide bonds. The van der Waals surface area contributed by atoms with E-state index in [0.717, 1.165) is 6.42 Å². The summed E-state index contributed by atoms with van der Waals surface area (Å²) in [6, 6.07) is 17.6. The van der Waals surface area contributed by atoms with Gasteiger partial charge in [-0.2, -0.15) is 0 Å². The average Bonchev–Trinajstić information content (AvgIpc) is 2.53. The number of nitrogens with zero attached hydrogens (tertiary/aromatic N) is 1. The normalized spacial score (nSPS) is 17.6. The first kappa shape index (κ1) is 12.9. The second kappa shape index (κ2) is 5.47. The Hall–Kier alpha value is -2.13. The van der Waals surface area contributed by atoms with E-state index in [1.807, 2.05) is 42.5 Å².